The quantitative estimate of drug-likeness (QED) is 0.843. The van der Waals surface area contributed by atoms with Gasteiger partial charge in [-0.2, -0.15) is 0 Å². The highest BCUT2D eigenvalue weighted by molar-refractivity contribution is 6.05. The van der Waals surface area contributed by atoms with Crippen molar-refractivity contribution in [2.45, 2.75) is 13.3 Å². The molecule has 1 aromatic carbocycles. The number of likely N-dealkylation sites (N-methyl/N-ethyl adjacent to an activating group) is 1. The van der Waals surface area contributed by atoms with Gasteiger partial charge in [0.05, 0.1) is 24.4 Å². The monoisotopic (exact) mass is 260 g/mol. The lowest BCUT2D eigenvalue weighted by atomic mass is 10.2. The average molecular weight is 260 g/mol. The van der Waals surface area contributed by atoms with Gasteiger partial charge in [-0.25, -0.2) is 0 Å². The topological polar surface area (TPSA) is 58.6 Å². The van der Waals surface area contributed by atoms with Gasteiger partial charge in [-0.15, -0.1) is 0 Å². The van der Waals surface area contributed by atoms with Crippen molar-refractivity contribution in [1.29, 1.82) is 0 Å². The van der Waals surface area contributed by atoms with Gasteiger partial charge in [0.15, 0.2) is 0 Å². The first kappa shape index (κ1) is 13.1. The first-order valence-corrected chi connectivity index (χ1v) is 6.11. The van der Waals surface area contributed by atoms with Crippen LogP contribution in [0, 0.1) is 0 Å². The SMILES string of the molecule is CCOC(=O)CC1=CC(=O)N(C)c2ccccc2N1. The zero-order valence-corrected chi connectivity index (χ0v) is 11.0. The van der Waals surface area contributed by atoms with Gasteiger partial charge in [0.25, 0.3) is 5.91 Å². The lowest BCUT2D eigenvalue weighted by Gasteiger charge is -2.16. The second kappa shape index (κ2) is 5.56. The highest BCUT2D eigenvalue weighted by atomic mass is 16.5. The van der Waals surface area contributed by atoms with Gasteiger partial charge in [0, 0.05) is 18.8 Å². The molecule has 0 saturated heterocycles. The number of esters is 1. The van der Waals surface area contributed by atoms with Crippen molar-refractivity contribution in [1.82, 2.24) is 0 Å². The molecule has 0 bridgehead atoms. The van der Waals surface area contributed by atoms with Crippen LogP contribution >= 0.6 is 0 Å². The summed E-state index contributed by atoms with van der Waals surface area (Å²) in [6, 6.07) is 7.45. The van der Waals surface area contributed by atoms with Gasteiger partial charge in [-0.05, 0) is 19.1 Å². The molecule has 1 aliphatic heterocycles. The maximum absolute atomic E-state index is 12.0. The number of hydrogen-bond donors (Lipinski definition) is 1. The van der Waals surface area contributed by atoms with E-state index in [1.54, 1.807) is 18.9 Å². The molecule has 5 heteroatoms. The maximum atomic E-state index is 12.0. The molecule has 1 aliphatic rings. The van der Waals surface area contributed by atoms with Crippen LogP contribution in [-0.4, -0.2) is 25.5 Å². The van der Waals surface area contributed by atoms with Crippen LogP contribution in [0.2, 0.25) is 0 Å². The minimum Gasteiger partial charge on any atom is -0.466 e. The predicted molar refractivity (Wildman–Crippen MR) is 72.8 cm³/mol. The zero-order valence-electron chi connectivity index (χ0n) is 11.0. The van der Waals surface area contributed by atoms with E-state index in [2.05, 4.69) is 5.32 Å². The molecule has 1 amide bonds. The number of anilines is 2. The van der Waals surface area contributed by atoms with Crippen molar-refractivity contribution in [3.05, 3.63) is 36.0 Å². The summed E-state index contributed by atoms with van der Waals surface area (Å²) in [5.74, 6) is -0.521. The number of nitrogens with one attached hydrogen (secondary N) is 1. The summed E-state index contributed by atoms with van der Waals surface area (Å²) in [6.45, 7) is 2.08. The standard InChI is InChI=1S/C14H16N2O3/c1-3-19-14(18)9-10-8-13(17)16(2)12-7-5-4-6-11(12)15-10/h4-8,15H,3,9H2,1-2H3. The molecule has 0 fully saturated rings. The summed E-state index contributed by atoms with van der Waals surface area (Å²) >= 11 is 0. The number of carbonyl (C=O) groups is 2. The third-order valence-electron chi connectivity index (χ3n) is 2.83. The van der Waals surface area contributed by atoms with E-state index in [1.807, 2.05) is 24.3 Å². The van der Waals surface area contributed by atoms with E-state index in [9.17, 15) is 9.59 Å². The van der Waals surface area contributed by atoms with Crippen molar-refractivity contribution in [3.63, 3.8) is 0 Å². The fraction of sp³-hybridized carbons (Fsp3) is 0.286. The van der Waals surface area contributed by atoms with Gasteiger partial charge >= 0.3 is 5.97 Å². The number of rotatable bonds is 3. The molecule has 1 N–H and O–H groups in total. The van der Waals surface area contributed by atoms with Crippen molar-refractivity contribution in [3.8, 4) is 0 Å². The molecule has 2 rings (SSSR count). The van der Waals surface area contributed by atoms with Crippen molar-refractivity contribution < 1.29 is 14.3 Å². The second-order valence-corrected chi connectivity index (χ2v) is 4.19. The lowest BCUT2D eigenvalue weighted by molar-refractivity contribution is -0.142. The largest absolute Gasteiger partial charge is 0.466 e. The molecular weight excluding hydrogens is 244 g/mol. The highest BCUT2D eigenvalue weighted by Crippen LogP contribution is 2.29. The summed E-state index contributed by atoms with van der Waals surface area (Å²) in [7, 11) is 1.70. The fourth-order valence-electron chi connectivity index (χ4n) is 1.91. The molecule has 0 aromatic heterocycles. The van der Waals surface area contributed by atoms with Crippen LogP contribution in [0.3, 0.4) is 0 Å². The third-order valence-corrected chi connectivity index (χ3v) is 2.83. The summed E-state index contributed by atoms with van der Waals surface area (Å²) in [6.07, 6.45) is 1.48. The normalized spacial score (nSPS) is 14.1. The molecule has 0 saturated carbocycles. The van der Waals surface area contributed by atoms with Crippen LogP contribution in [-0.2, 0) is 14.3 Å². The lowest BCUT2D eigenvalue weighted by Crippen LogP contribution is -2.23. The van der Waals surface area contributed by atoms with E-state index in [0.717, 1.165) is 11.4 Å². The summed E-state index contributed by atoms with van der Waals surface area (Å²) in [5, 5.41) is 3.11. The van der Waals surface area contributed by atoms with Gasteiger partial charge in [-0.1, -0.05) is 12.1 Å². The van der Waals surface area contributed by atoms with Crippen molar-refractivity contribution in [2.75, 3.05) is 23.9 Å². The Morgan fingerprint density at radius 3 is 2.84 bits per heavy atom. The Labute approximate surface area is 111 Å². The third kappa shape index (κ3) is 2.93. The predicted octanol–water partition coefficient (Wildman–Crippen LogP) is 1.91. The average Bonchev–Trinajstić information content (AvgIpc) is 2.48. The molecule has 100 valence electrons. The molecule has 5 nitrogen and oxygen atoms in total. The number of fused-ring (bicyclic) bond motifs is 1. The number of hydrogen-bond acceptors (Lipinski definition) is 4. The second-order valence-electron chi connectivity index (χ2n) is 4.19. The highest BCUT2D eigenvalue weighted by Gasteiger charge is 2.19. The molecule has 0 unspecified atom stereocenters. The van der Waals surface area contributed by atoms with E-state index in [1.165, 1.54) is 6.08 Å². The molecule has 1 heterocycles. The van der Waals surface area contributed by atoms with E-state index in [-0.39, 0.29) is 18.3 Å². The number of carbonyl (C=O) groups excluding carboxylic acids is 2. The van der Waals surface area contributed by atoms with E-state index < -0.39 is 0 Å². The fourth-order valence-corrected chi connectivity index (χ4v) is 1.91. The van der Waals surface area contributed by atoms with Gasteiger partial charge in [0.1, 0.15) is 0 Å². The number of para-hydroxylation sites is 2. The van der Waals surface area contributed by atoms with Crippen LogP contribution < -0.4 is 10.2 Å². The summed E-state index contributed by atoms with van der Waals surface area (Å²) in [4.78, 5) is 25.0. The Kier molecular flexibility index (Phi) is 3.85. The van der Waals surface area contributed by atoms with Crippen LogP contribution in [0.4, 0.5) is 11.4 Å². The smallest absolute Gasteiger partial charge is 0.311 e. The molecule has 0 spiro atoms. The first-order chi connectivity index (χ1) is 9.11. The first-order valence-electron chi connectivity index (χ1n) is 6.11. The zero-order chi connectivity index (χ0) is 13.8. The summed E-state index contributed by atoms with van der Waals surface area (Å²) < 4.78 is 4.89. The number of benzene rings is 1. The Morgan fingerprint density at radius 1 is 1.37 bits per heavy atom. The Morgan fingerprint density at radius 2 is 2.11 bits per heavy atom. The van der Waals surface area contributed by atoms with Crippen LogP contribution in [0.1, 0.15) is 13.3 Å². The van der Waals surface area contributed by atoms with Crippen molar-refractivity contribution in [2.24, 2.45) is 0 Å². The minimum absolute atomic E-state index is 0.0573. The van der Waals surface area contributed by atoms with Crippen molar-refractivity contribution >= 4 is 23.3 Å². The van der Waals surface area contributed by atoms with Crippen LogP contribution in [0.15, 0.2) is 36.0 Å². The molecule has 0 aliphatic carbocycles. The van der Waals surface area contributed by atoms with Crippen LogP contribution in [0.5, 0.6) is 0 Å². The number of ether oxygens (including phenoxy) is 1. The van der Waals surface area contributed by atoms with Gasteiger partial charge in [0.2, 0.25) is 0 Å². The maximum Gasteiger partial charge on any atom is 0.311 e. The number of nitrogens with zero attached hydrogens (tertiary/aromatic N) is 1. The molecule has 0 atom stereocenters. The summed E-state index contributed by atoms with van der Waals surface area (Å²) in [5.41, 5.74) is 2.12. The van der Waals surface area contributed by atoms with Gasteiger partial charge < -0.3 is 15.0 Å². The molecule has 19 heavy (non-hydrogen) atoms. The van der Waals surface area contributed by atoms with Crippen LogP contribution in [0.25, 0.3) is 0 Å². The minimum atomic E-state index is -0.351. The van der Waals surface area contributed by atoms with E-state index >= 15 is 0 Å². The van der Waals surface area contributed by atoms with E-state index in [4.69, 9.17) is 4.74 Å². The Hall–Kier alpha value is -2.30. The van der Waals surface area contributed by atoms with Gasteiger partial charge in [-0.3, -0.25) is 9.59 Å². The Bertz CT molecular complexity index is 537. The van der Waals surface area contributed by atoms with E-state index in [0.29, 0.717) is 12.3 Å². The Balaban J connectivity index is 2.26. The molecular formula is C14H16N2O3. The molecule has 0 radical (unpaired) electrons. The molecule has 1 aromatic rings. The number of amides is 1.